The molecule has 0 aromatic carbocycles. The van der Waals surface area contributed by atoms with Gasteiger partial charge in [-0.3, -0.25) is 47.1 Å². The number of methoxy groups -OCH3 is 1. The lowest BCUT2D eigenvalue weighted by molar-refractivity contribution is -0.745. The zero-order valence-corrected chi connectivity index (χ0v) is 45.9. The molecule has 6 aromatic heterocycles. The van der Waals surface area contributed by atoms with Crippen LogP contribution in [0, 0.1) is 5.92 Å². The van der Waals surface area contributed by atoms with Crippen LogP contribution in [0.2, 0.25) is 0 Å². The summed E-state index contributed by atoms with van der Waals surface area (Å²) in [6.45, 7) is -1.32. The first-order chi connectivity index (χ1) is 38.1. The van der Waals surface area contributed by atoms with Gasteiger partial charge in [-0.1, -0.05) is 18.3 Å². The highest BCUT2D eigenvalue weighted by atomic mass is 31.3. The number of carbonyl (C=O) groups is 1. The van der Waals surface area contributed by atoms with Crippen LogP contribution in [0.15, 0.2) is 34.9 Å². The number of aryl methyl sites for hydroxylation is 1. The second-order valence-electron chi connectivity index (χ2n) is 18.5. The fourth-order valence-electron chi connectivity index (χ4n) is 9.51. The quantitative estimate of drug-likeness (QED) is 0.0167. The third kappa shape index (κ3) is 12.4. The Balaban J connectivity index is 0.894. The SMILES string of the molecule is CCCCNC(=O)C[C@H]1[C@@H](O)[C@H]([n+]2cn(C)c3c(=O)[nH]c(N)nc32)O[C@@H]1COP(=O)(O)OP(=O)(O)OP(=O)(O)OC[C@H]1O[C@@H](n2cnc3c(N)ncnc32)[C@H](OC)[C@@H]1P(=O)([O-])OC[C@H]1O[C@@H](n2cnc3c(=O)[nH]c(N)nc32)[C@H](O)[C@@H]1O. The van der Waals surface area contributed by atoms with Gasteiger partial charge in [0, 0.05) is 26.0 Å². The van der Waals surface area contributed by atoms with E-state index < -0.39 is 147 Å². The number of aliphatic hydroxyl groups excluding tert-OH is 3. The van der Waals surface area contributed by atoms with E-state index >= 15 is 0 Å². The van der Waals surface area contributed by atoms with Crippen LogP contribution in [-0.2, 0) is 71.2 Å². The van der Waals surface area contributed by atoms with Crippen LogP contribution in [-0.4, -0.2) is 171 Å². The summed E-state index contributed by atoms with van der Waals surface area (Å²) in [5.41, 5.74) is 13.4. The van der Waals surface area contributed by atoms with Gasteiger partial charge in [-0.2, -0.15) is 13.6 Å². The number of rotatable bonds is 23. The Hall–Kier alpha value is -5.60. The highest BCUT2D eigenvalue weighted by Gasteiger charge is 2.55. The Labute approximate surface area is 452 Å². The molecular formula is C38H54N16O23P4. The molecule has 3 aliphatic rings. The number of nitrogens with one attached hydrogen (secondary N) is 3. The number of aromatic amines is 2. The van der Waals surface area contributed by atoms with E-state index in [0.717, 1.165) is 41.6 Å². The number of fused-ring (bicyclic) bond motifs is 3. The summed E-state index contributed by atoms with van der Waals surface area (Å²) in [6, 6.07) is 0. The molecule has 81 heavy (non-hydrogen) atoms. The lowest BCUT2D eigenvalue weighted by Crippen LogP contribution is -2.45. The first-order valence-corrected chi connectivity index (χ1v) is 30.1. The molecule has 16 atom stereocenters. The van der Waals surface area contributed by atoms with Crippen molar-refractivity contribution in [3.63, 3.8) is 0 Å². The van der Waals surface area contributed by atoms with E-state index in [4.69, 9.17) is 49.7 Å². The second-order valence-corrected chi connectivity index (χ2v) is 25.1. The first-order valence-electron chi connectivity index (χ1n) is 24.0. The number of amides is 1. The van der Waals surface area contributed by atoms with E-state index in [0.29, 0.717) is 6.42 Å². The van der Waals surface area contributed by atoms with Crippen LogP contribution in [0.3, 0.4) is 0 Å². The molecule has 1 amide bonds. The monoisotopic (exact) mass is 1230 g/mol. The molecule has 3 saturated heterocycles. The van der Waals surface area contributed by atoms with Gasteiger partial charge in [-0.25, -0.2) is 38.2 Å². The van der Waals surface area contributed by atoms with Crippen molar-refractivity contribution in [2.75, 3.05) is 50.7 Å². The summed E-state index contributed by atoms with van der Waals surface area (Å²) in [5, 5.41) is 36.2. The molecule has 9 rings (SSSR count). The largest absolute Gasteiger partial charge is 0.778 e. The highest BCUT2D eigenvalue weighted by molar-refractivity contribution is 7.66. The molecule has 3 fully saturated rings. The fraction of sp³-hybridized carbons (Fsp3) is 0.579. The summed E-state index contributed by atoms with van der Waals surface area (Å²) in [7, 11) is -21.3. The summed E-state index contributed by atoms with van der Waals surface area (Å²) in [4.78, 5) is 113. The minimum Gasteiger partial charge on any atom is -0.778 e. The molecule has 3 aliphatic heterocycles. The normalized spacial score (nSPS) is 29.0. The minimum absolute atomic E-state index is 0.00857. The number of nitrogens with zero attached hydrogens (tertiary/aromatic N) is 10. The average molecular weight is 1230 g/mol. The van der Waals surface area contributed by atoms with Gasteiger partial charge >= 0.3 is 29.1 Å². The number of H-pyrrole nitrogens is 2. The van der Waals surface area contributed by atoms with Gasteiger partial charge in [-0.05, 0) is 6.42 Å². The number of hydrogen-bond donors (Lipinski definition) is 12. The average Bonchev–Trinajstić information content (AvgIpc) is 4.27. The van der Waals surface area contributed by atoms with Crippen LogP contribution in [0.4, 0.5) is 17.7 Å². The van der Waals surface area contributed by atoms with Gasteiger partial charge < -0.3 is 85.4 Å². The van der Waals surface area contributed by atoms with Crippen molar-refractivity contribution in [3.8, 4) is 0 Å². The van der Waals surface area contributed by atoms with Crippen molar-refractivity contribution < 1.29 is 104 Å². The molecule has 43 heteroatoms. The fourth-order valence-corrected chi connectivity index (χ4v) is 14.7. The van der Waals surface area contributed by atoms with Gasteiger partial charge in [-0.15, -0.1) is 0 Å². The van der Waals surface area contributed by atoms with Crippen molar-refractivity contribution in [1.82, 2.24) is 58.9 Å². The van der Waals surface area contributed by atoms with Crippen LogP contribution in [0.5, 0.6) is 0 Å². The van der Waals surface area contributed by atoms with Crippen molar-refractivity contribution in [2.45, 2.75) is 93.3 Å². The number of nitrogen functional groups attached to an aromatic ring is 3. The number of hydrogen-bond acceptors (Lipinski definition) is 29. The van der Waals surface area contributed by atoms with E-state index in [1.807, 2.05) is 6.92 Å². The third-order valence-electron chi connectivity index (χ3n) is 13.2. The Morgan fingerprint density at radius 2 is 1.41 bits per heavy atom. The number of imidazole rings is 3. The Bertz CT molecular complexity index is 3660. The molecule has 0 saturated carbocycles. The predicted molar refractivity (Wildman–Crippen MR) is 266 cm³/mol. The van der Waals surface area contributed by atoms with Crippen molar-refractivity contribution in [2.24, 2.45) is 13.0 Å². The van der Waals surface area contributed by atoms with Gasteiger partial charge in [0.05, 0.1) is 57.4 Å². The molecule has 444 valence electrons. The highest BCUT2D eigenvalue weighted by Crippen LogP contribution is 2.68. The van der Waals surface area contributed by atoms with Gasteiger partial charge in [0.2, 0.25) is 23.6 Å². The number of ether oxygens (including phenoxy) is 4. The number of nitrogens with two attached hydrogens (primary N) is 3. The van der Waals surface area contributed by atoms with Gasteiger partial charge in [0.1, 0.15) is 50.0 Å². The summed E-state index contributed by atoms with van der Waals surface area (Å²) < 4.78 is 106. The number of anilines is 3. The van der Waals surface area contributed by atoms with E-state index in [1.165, 1.54) is 22.5 Å². The maximum Gasteiger partial charge on any atom is 0.490 e. The van der Waals surface area contributed by atoms with Crippen LogP contribution >= 0.6 is 31.1 Å². The molecule has 15 N–H and O–H groups in total. The van der Waals surface area contributed by atoms with E-state index in [2.05, 4.69) is 53.8 Å². The Morgan fingerprint density at radius 1 is 0.790 bits per heavy atom. The molecule has 39 nitrogen and oxygen atoms in total. The number of phosphoric acid groups is 3. The number of phosphoric ester groups is 2. The standard InChI is InChI=1S/C38H54N16O23P4/c1-4-5-6-42-19(55)7-15-16(73-34(23(15)56)54-14-51(2)22-31(54)48-38(41)50-33(22)60)8-71-79(63,64)76-81(67,68)77-80(65,66)72-10-18-27(26(69-3)36(75-18)52-12-45-20-28(39)43-11-44-29(20)52)78(61,62)70-9-17-24(57)25(58)35(74-17)53-13-46-21-30(53)47-37(40)49-32(21)59/h11-18,23-27,34-36,56-58H,4-10H2,1-3H3,(H12-,39,40,41,42,43,44,47,48,49,50,55,59,60,61,62,63,64,65,66,67,68)/t15-,16-,17-,18-,23-,24-,25-,26-,27-,34-,35-,36-/m1/s1. The van der Waals surface area contributed by atoms with Crippen LogP contribution in [0.1, 0.15) is 44.9 Å². The third-order valence-corrected chi connectivity index (χ3v) is 19.3. The maximum atomic E-state index is 14.4. The lowest BCUT2D eigenvalue weighted by Gasteiger charge is -2.35. The smallest absolute Gasteiger partial charge is 0.490 e. The summed E-state index contributed by atoms with van der Waals surface area (Å²) >= 11 is 0. The van der Waals surface area contributed by atoms with Crippen molar-refractivity contribution in [3.05, 3.63) is 46.0 Å². The Morgan fingerprint density at radius 3 is 2.09 bits per heavy atom. The van der Waals surface area contributed by atoms with Gasteiger partial charge in [0.15, 0.2) is 41.4 Å². The lowest BCUT2D eigenvalue weighted by atomic mass is 9.94. The molecule has 4 unspecified atom stereocenters. The topological polar surface area (TPSA) is 565 Å². The van der Waals surface area contributed by atoms with Crippen LogP contribution in [0.25, 0.3) is 33.5 Å². The molecule has 9 heterocycles. The van der Waals surface area contributed by atoms with E-state index in [-0.39, 0.29) is 57.8 Å². The molecule has 0 spiro atoms. The molecule has 6 aromatic rings. The number of aromatic nitrogens is 12. The summed E-state index contributed by atoms with van der Waals surface area (Å²) in [5.74, 6) is -2.57. The number of carbonyl (C=O) groups excluding carboxylic acids is 1. The second kappa shape index (κ2) is 23.2. The molecule has 0 aliphatic carbocycles. The zero-order chi connectivity index (χ0) is 58.7. The molecular weight excluding hydrogens is 1170 g/mol. The summed E-state index contributed by atoms with van der Waals surface area (Å²) in [6.07, 6.45) is -11.3. The van der Waals surface area contributed by atoms with Crippen molar-refractivity contribution >= 4 is 88.2 Å². The molecule has 0 radical (unpaired) electrons. The predicted octanol–water partition coefficient (Wildman–Crippen LogP) is -3.71. The first kappa shape index (κ1) is 60.0. The number of aliphatic hydroxyl groups is 3. The molecule has 0 bridgehead atoms. The van der Waals surface area contributed by atoms with E-state index in [9.17, 15) is 67.5 Å². The van der Waals surface area contributed by atoms with Crippen LogP contribution < -0.4 is 43.1 Å². The van der Waals surface area contributed by atoms with Crippen molar-refractivity contribution in [1.29, 1.82) is 0 Å². The number of unbranched alkanes of at least 4 members (excludes halogenated alkanes) is 1. The van der Waals surface area contributed by atoms with E-state index in [1.54, 1.807) is 0 Å². The minimum atomic E-state index is -6.27. The maximum absolute atomic E-state index is 14.4. The van der Waals surface area contributed by atoms with Gasteiger partial charge in [0.25, 0.3) is 17.1 Å². The zero-order valence-electron chi connectivity index (χ0n) is 42.3. The Kier molecular flexibility index (Phi) is 17.2.